The molecule has 0 aromatic rings. The zero-order valence-electron chi connectivity index (χ0n) is 13.2. The lowest BCUT2D eigenvalue weighted by molar-refractivity contribution is -0.147. The predicted molar refractivity (Wildman–Crippen MR) is 81.8 cm³/mol. The molecule has 4 heteroatoms. The monoisotopic (exact) mass is 293 g/mol. The van der Waals surface area contributed by atoms with Crippen LogP contribution in [0.3, 0.4) is 0 Å². The summed E-state index contributed by atoms with van der Waals surface area (Å²) in [7, 11) is 0. The quantitative estimate of drug-likeness (QED) is 0.783. The standard InChI is InChI=1S/C17H27NO3/c1-11-8-14(15(17(20)21)9-12(11)2)16(19)18-10-13-6-4-3-5-7-13/h13-15H,3-10H2,1-2H3,(H,18,19)(H,20,21). The number of amides is 1. The summed E-state index contributed by atoms with van der Waals surface area (Å²) >= 11 is 0. The minimum atomic E-state index is -0.848. The SMILES string of the molecule is CC1=C(C)CC(C(=O)NCC2CCCCC2)C(C(=O)O)C1. The van der Waals surface area contributed by atoms with E-state index in [2.05, 4.69) is 5.32 Å². The Labute approximate surface area is 127 Å². The molecule has 118 valence electrons. The van der Waals surface area contributed by atoms with E-state index in [-0.39, 0.29) is 5.91 Å². The molecule has 0 heterocycles. The fourth-order valence-electron chi connectivity index (χ4n) is 3.59. The van der Waals surface area contributed by atoms with Crippen molar-refractivity contribution in [3.8, 4) is 0 Å². The van der Waals surface area contributed by atoms with Crippen molar-refractivity contribution < 1.29 is 14.7 Å². The van der Waals surface area contributed by atoms with Gasteiger partial charge in [-0.1, -0.05) is 30.4 Å². The van der Waals surface area contributed by atoms with Gasteiger partial charge >= 0.3 is 5.97 Å². The first-order valence-electron chi connectivity index (χ1n) is 8.14. The van der Waals surface area contributed by atoms with Crippen molar-refractivity contribution in [3.63, 3.8) is 0 Å². The van der Waals surface area contributed by atoms with Gasteiger partial charge in [0.15, 0.2) is 0 Å². The molecule has 1 saturated carbocycles. The van der Waals surface area contributed by atoms with E-state index in [0.29, 0.717) is 25.3 Å². The Morgan fingerprint density at radius 3 is 2.19 bits per heavy atom. The van der Waals surface area contributed by atoms with Crippen LogP contribution in [0.5, 0.6) is 0 Å². The maximum atomic E-state index is 12.4. The molecular formula is C17H27NO3. The first kappa shape index (κ1) is 16.1. The average Bonchev–Trinajstić information content (AvgIpc) is 2.48. The number of rotatable bonds is 4. The van der Waals surface area contributed by atoms with E-state index in [4.69, 9.17) is 0 Å². The summed E-state index contributed by atoms with van der Waals surface area (Å²) in [4.78, 5) is 23.8. The van der Waals surface area contributed by atoms with Crippen LogP contribution in [0.4, 0.5) is 0 Å². The van der Waals surface area contributed by atoms with Crippen LogP contribution in [0.25, 0.3) is 0 Å². The summed E-state index contributed by atoms with van der Waals surface area (Å²) in [5, 5.41) is 12.4. The topological polar surface area (TPSA) is 66.4 Å². The van der Waals surface area contributed by atoms with Crippen molar-refractivity contribution >= 4 is 11.9 Å². The second-order valence-corrected chi connectivity index (χ2v) is 6.77. The van der Waals surface area contributed by atoms with Crippen LogP contribution in [-0.4, -0.2) is 23.5 Å². The second-order valence-electron chi connectivity index (χ2n) is 6.77. The molecule has 0 spiro atoms. The fraction of sp³-hybridized carbons (Fsp3) is 0.765. The van der Waals surface area contributed by atoms with E-state index < -0.39 is 17.8 Å². The van der Waals surface area contributed by atoms with Crippen molar-refractivity contribution in [3.05, 3.63) is 11.1 Å². The van der Waals surface area contributed by atoms with Gasteiger partial charge in [0.25, 0.3) is 0 Å². The Balaban J connectivity index is 1.94. The highest BCUT2D eigenvalue weighted by Gasteiger charge is 2.37. The number of allylic oxidation sites excluding steroid dienone is 2. The number of hydrogen-bond acceptors (Lipinski definition) is 2. The lowest BCUT2D eigenvalue weighted by atomic mass is 9.76. The minimum Gasteiger partial charge on any atom is -0.481 e. The predicted octanol–water partition coefficient (Wildman–Crippen LogP) is 3.13. The summed E-state index contributed by atoms with van der Waals surface area (Å²) in [6, 6.07) is 0. The highest BCUT2D eigenvalue weighted by molar-refractivity contribution is 5.85. The summed E-state index contributed by atoms with van der Waals surface area (Å²) in [5.74, 6) is -1.32. The van der Waals surface area contributed by atoms with E-state index in [1.165, 1.54) is 37.7 Å². The number of hydrogen-bond donors (Lipinski definition) is 2. The lowest BCUT2D eigenvalue weighted by Gasteiger charge is -2.30. The van der Waals surface area contributed by atoms with Crippen LogP contribution < -0.4 is 5.32 Å². The van der Waals surface area contributed by atoms with E-state index in [9.17, 15) is 14.7 Å². The molecule has 0 aromatic carbocycles. The Hall–Kier alpha value is -1.32. The number of carboxylic acid groups (broad SMARTS) is 1. The van der Waals surface area contributed by atoms with E-state index in [0.717, 1.165) is 5.57 Å². The molecule has 0 aromatic heterocycles. The smallest absolute Gasteiger partial charge is 0.307 e. The van der Waals surface area contributed by atoms with Crippen molar-refractivity contribution in [2.75, 3.05) is 6.54 Å². The molecule has 0 saturated heterocycles. The van der Waals surface area contributed by atoms with E-state index >= 15 is 0 Å². The van der Waals surface area contributed by atoms with Crippen molar-refractivity contribution in [2.24, 2.45) is 17.8 Å². The molecule has 0 bridgehead atoms. The third-order valence-electron chi connectivity index (χ3n) is 5.21. The van der Waals surface area contributed by atoms with Crippen LogP contribution in [0.1, 0.15) is 58.8 Å². The zero-order valence-corrected chi connectivity index (χ0v) is 13.2. The van der Waals surface area contributed by atoms with Gasteiger partial charge < -0.3 is 10.4 Å². The fourth-order valence-corrected chi connectivity index (χ4v) is 3.59. The summed E-state index contributed by atoms with van der Waals surface area (Å²) < 4.78 is 0. The summed E-state index contributed by atoms with van der Waals surface area (Å²) in [6.07, 6.45) is 7.27. The molecule has 2 unspecified atom stereocenters. The number of carboxylic acids is 1. The molecule has 2 N–H and O–H groups in total. The summed E-state index contributed by atoms with van der Waals surface area (Å²) in [5.41, 5.74) is 2.30. The van der Waals surface area contributed by atoms with Gasteiger partial charge in [0.05, 0.1) is 11.8 Å². The Bertz CT molecular complexity index is 435. The Morgan fingerprint density at radius 1 is 1.05 bits per heavy atom. The Kier molecular flexibility index (Phi) is 5.43. The number of aliphatic carboxylic acids is 1. The zero-order chi connectivity index (χ0) is 15.4. The van der Waals surface area contributed by atoms with Crippen molar-refractivity contribution in [1.29, 1.82) is 0 Å². The van der Waals surface area contributed by atoms with Gasteiger partial charge in [-0.05, 0) is 45.4 Å². The first-order chi connectivity index (χ1) is 9.99. The van der Waals surface area contributed by atoms with Crippen molar-refractivity contribution in [1.82, 2.24) is 5.32 Å². The van der Waals surface area contributed by atoms with Crippen molar-refractivity contribution in [2.45, 2.75) is 58.8 Å². The van der Waals surface area contributed by atoms with Gasteiger partial charge in [-0.2, -0.15) is 0 Å². The number of carbonyl (C=O) groups excluding carboxylic acids is 1. The molecule has 1 fully saturated rings. The van der Waals surface area contributed by atoms with Gasteiger partial charge in [0.1, 0.15) is 0 Å². The van der Waals surface area contributed by atoms with Crippen LogP contribution >= 0.6 is 0 Å². The Morgan fingerprint density at radius 2 is 1.62 bits per heavy atom. The van der Waals surface area contributed by atoms with Crippen LogP contribution in [0, 0.1) is 17.8 Å². The molecule has 21 heavy (non-hydrogen) atoms. The highest BCUT2D eigenvalue weighted by Crippen LogP contribution is 2.34. The van der Waals surface area contributed by atoms with Crippen LogP contribution in [-0.2, 0) is 9.59 Å². The molecule has 0 radical (unpaired) electrons. The highest BCUT2D eigenvalue weighted by atomic mass is 16.4. The van der Waals surface area contributed by atoms with Gasteiger partial charge in [0, 0.05) is 6.54 Å². The summed E-state index contributed by atoms with van der Waals surface area (Å²) in [6.45, 7) is 4.69. The normalized spacial score (nSPS) is 27.5. The minimum absolute atomic E-state index is 0.0696. The molecule has 2 rings (SSSR count). The second kappa shape index (κ2) is 7.10. The van der Waals surface area contributed by atoms with Gasteiger partial charge in [0.2, 0.25) is 5.91 Å². The molecule has 2 aliphatic carbocycles. The van der Waals surface area contributed by atoms with Crippen LogP contribution in [0.2, 0.25) is 0 Å². The molecular weight excluding hydrogens is 266 g/mol. The largest absolute Gasteiger partial charge is 0.481 e. The maximum absolute atomic E-state index is 12.4. The number of nitrogens with one attached hydrogen (secondary N) is 1. The van der Waals surface area contributed by atoms with E-state index in [1.54, 1.807) is 0 Å². The molecule has 1 amide bonds. The molecule has 2 aliphatic rings. The average molecular weight is 293 g/mol. The number of carbonyl (C=O) groups is 2. The van der Waals surface area contributed by atoms with E-state index in [1.807, 2.05) is 13.8 Å². The van der Waals surface area contributed by atoms with Gasteiger partial charge in [-0.3, -0.25) is 9.59 Å². The molecule has 2 atom stereocenters. The lowest BCUT2D eigenvalue weighted by Crippen LogP contribution is -2.41. The van der Waals surface area contributed by atoms with Gasteiger partial charge in [-0.25, -0.2) is 0 Å². The first-order valence-corrected chi connectivity index (χ1v) is 8.14. The third kappa shape index (κ3) is 4.08. The third-order valence-corrected chi connectivity index (χ3v) is 5.21. The molecule has 0 aliphatic heterocycles. The van der Waals surface area contributed by atoms with Gasteiger partial charge in [-0.15, -0.1) is 0 Å². The maximum Gasteiger partial charge on any atom is 0.307 e. The van der Waals surface area contributed by atoms with Crippen LogP contribution in [0.15, 0.2) is 11.1 Å². The molecule has 4 nitrogen and oxygen atoms in total.